The van der Waals surface area contributed by atoms with Crippen molar-refractivity contribution in [3.05, 3.63) is 34.9 Å². The van der Waals surface area contributed by atoms with Gasteiger partial charge in [0.2, 0.25) is 5.92 Å². The maximum Gasteiger partial charge on any atom is 0.245 e. The first-order valence-corrected chi connectivity index (χ1v) is 10.5. The molecule has 2 saturated carbocycles. The average Bonchev–Trinajstić information content (AvgIpc) is 2.65. The van der Waals surface area contributed by atoms with Crippen LogP contribution in [0.25, 0.3) is 0 Å². The van der Waals surface area contributed by atoms with E-state index in [4.69, 9.17) is 0 Å². The molecule has 0 unspecified atom stereocenters. The summed E-state index contributed by atoms with van der Waals surface area (Å²) in [4.78, 5) is 12.7. The van der Waals surface area contributed by atoms with Crippen LogP contribution in [0.1, 0.15) is 80.6 Å². The molecule has 5 heteroatoms. The van der Waals surface area contributed by atoms with Gasteiger partial charge in [-0.25, -0.2) is 17.6 Å². The van der Waals surface area contributed by atoms with Crippen molar-refractivity contribution < 1.29 is 22.4 Å². The molecule has 3 rings (SSSR count). The smallest absolute Gasteiger partial charge is 0.245 e. The van der Waals surface area contributed by atoms with E-state index >= 15 is 0 Å². The number of aryl methyl sites for hydroxylation is 1. The number of halogens is 4. The molecule has 1 aromatic carbocycles. The van der Waals surface area contributed by atoms with E-state index in [9.17, 15) is 22.4 Å². The summed E-state index contributed by atoms with van der Waals surface area (Å²) in [5.41, 5.74) is 0.0711. The van der Waals surface area contributed by atoms with Crippen LogP contribution in [0.4, 0.5) is 17.6 Å². The van der Waals surface area contributed by atoms with Crippen molar-refractivity contribution in [3.8, 4) is 0 Å². The van der Waals surface area contributed by atoms with E-state index in [1.54, 1.807) is 0 Å². The number of carbonyl (C=O) groups excluding carboxylic acids is 1. The molecule has 0 aromatic heterocycles. The minimum Gasteiger partial charge on any atom is -0.294 e. The number of ketones is 1. The van der Waals surface area contributed by atoms with E-state index in [0.29, 0.717) is 24.7 Å². The van der Waals surface area contributed by atoms with Gasteiger partial charge in [-0.3, -0.25) is 4.79 Å². The molecule has 2 aliphatic rings. The summed E-state index contributed by atoms with van der Waals surface area (Å²) >= 11 is 0. The van der Waals surface area contributed by atoms with E-state index in [-0.39, 0.29) is 35.2 Å². The standard InChI is InChI=1S/C23H30F4O/c1-14-3-12-19(21(25)20(14)24)22(28)18-10-8-17(9-11-18)16-6-4-15(5-7-16)13-23(2,26)27/h3,12,15-18H,4-11,13H2,1-2H3. The fourth-order valence-corrected chi connectivity index (χ4v) is 5.28. The van der Waals surface area contributed by atoms with Crippen LogP contribution in [0.15, 0.2) is 12.1 Å². The number of alkyl halides is 2. The quantitative estimate of drug-likeness (QED) is 0.381. The minimum absolute atomic E-state index is 0.0142. The van der Waals surface area contributed by atoms with Crippen molar-refractivity contribution in [2.75, 3.05) is 0 Å². The lowest BCUT2D eigenvalue weighted by Gasteiger charge is -2.38. The van der Waals surface area contributed by atoms with Crippen molar-refractivity contribution in [1.82, 2.24) is 0 Å². The van der Waals surface area contributed by atoms with Crippen LogP contribution in [-0.4, -0.2) is 11.7 Å². The minimum atomic E-state index is -2.58. The highest BCUT2D eigenvalue weighted by molar-refractivity contribution is 5.98. The number of carbonyl (C=O) groups is 1. The lowest BCUT2D eigenvalue weighted by atomic mass is 9.68. The van der Waals surface area contributed by atoms with Crippen LogP contribution in [0, 0.1) is 42.2 Å². The zero-order valence-electron chi connectivity index (χ0n) is 16.7. The summed E-state index contributed by atoms with van der Waals surface area (Å²) in [6, 6.07) is 2.85. The van der Waals surface area contributed by atoms with Crippen LogP contribution in [0.3, 0.4) is 0 Å². The van der Waals surface area contributed by atoms with Crippen LogP contribution in [0.5, 0.6) is 0 Å². The highest BCUT2D eigenvalue weighted by atomic mass is 19.3. The molecule has 0 aliphatic heterocycles. The Labute approximate surface area is 164 Å². The lowest BCUT2D eigenvalue weighted by molar-refractivity contribution is -0.0131. The van der Waals surface area contributed by atoms with Crippen molar-refractivity contribution in [1.29, 1.82) is 0 Å². The Balaban J connectivity index is 1.51. The van der Waals surface area contributed by atoms with Gasteiger partial charge >= 0.3 is 0 Å². The molecule has 0 saturated heterocycles. The third-order valence-electron chi connectivity index (χ3n) is 6.89. The molecule has 0 spiro atoms. The maximum atomic E-state index is 14.1. The molecule has 156 valence electrons. The summed E-state index contributed by atoms with van der Waals surface area (Å²) in [6.45, 7) is 2.48. The molecule has 1 aromatic rings. The highest BCUT2D eigenvalue weighted by Gasteiger charge is 2.36. The van der Waals surface area contributed by atoms with E-state index in [1.807, 2.05) is 0 Å². The van der Waals surface area contributed by atoms with Gasteiger partial charge in [0.05, 0.1) is 5.56 Å². The fourth-order valence-electron chi connectivity index (χ4n) is 5.28. The van der Waals surface area contributed by atoms with Gasteiger partial charge in [-0.15, -0.1) is 0 Å². The van der Waals surface area contributed by atoms with Crippen molar-refractivity contribution in [3.63, 3.8) is 0 Å². The molecular formula is C23H30F4O. The first-order valence-electron chi connectivity index (χ1n) is 10.5. The zero-order valence-corrected chi connectivity index (χ0v) is 16.7. The van der Waals surface area contributed by atoms with Gasteiger partial charge in [0.1, 0.15) is 0 Å². The number of hydrogen-bond acceptors (Lipinski definition) is 1. The van der Waals surface area contributed by atoms with E-state index in [2.05, 4.69) is 0 Å². The maximum absolute atomic E-state index is 14.1. The molecule has 2 fully saturated rings. The van der Waals surface area contributed by atoms with Crippen LogP contribution < -0.4 is 0 Å². The number of benzene rings is 1. The fraction of sp³-hybridized carbons (Fsp3) is 0.696. The Kier molecular flexibility index (Phi) is 6.51. The molecule has 0 radical (unpaired) electrons. The van der Waals surface area contributed by atoms with Gasteiger partial charge in [-0.1, -0.05) is 6.07 Å². The first-order chi connectivity index (χ1) is 13.2. The second kappa shape index (κ2) is 8.54. The van der Waals surface area contributed by atoms with E-state index in [1.165, 1.54) is 19.1 Å². The first kappa shape index (κ1) is 21.3. The summed E-state index contributed by atoms with van der Waals surface area (Å²) in [7, 11) is 0. The Morgan fingerprint density at radius 2 is 1.46 bits per heavy atom. The van der Waals surface area contributed by atoms with E-state index < -0.39 is 17.6 Å². The average molecular weight is 398 g/mol. The van der Waals surface area contributed by atoms with Crippen LogP contribution in [-0.2, 0) is 0 Å². The molecule has 0 amide bonds. The Morgan fingerprint density at radius 1 is 0.929 bits per heavy atom. The van der Waals surface area contributed by atoms with Crippen molar-refractivity contribution >= 4 is 5.78 Å². The number of hydrogen-bond donors (Lipinski definition) is 0. The largest absolute Gasteiger partial charge is 0.294 e. The second-order valence-corrected chi connectivity index (χ2v) is 9.09. The molecular weight excluding hydrogens is 368 g/mol. The van der Waals surface area contributed by atoms with Crippen LogP contribution >= 0.6 is 0 Å². The van der Waals surface area contributed by atoms with E-state index in [0.717, 1.165) is 45.4 Å². The van der Waals surface area contributed by atoms with Crippen molar-refractivity contribution in [2.45, 2.75) is 77.6 Å². The topological polar surface area (TPSA) is 17.1 Å². The van der Waals surface area contributed by atoms with Crippen LogP contribution in [0.2, 0.25) is 0 Å². The Morgan fingerprint density at radius 3 is 2.00 bits per heavy atom. The molecule has 0 bridgehead atoms. The molecule has 0 heterocycles. The molecule has 1 nitrogen and oxygen atoms in total. The normalized spacial score (nSPS) is 28.9. The predicted molar refractivity (Wildman–Crippen MR) is 102 cm³/mol. The zero-order chi connectivity index (χ0) is 20.5. The van der Waals surface area contributed by atoms with Gasteiger partial charge < -0.3 is 0 Å². The molecule has 0 atom stereocenters. The SMILES string of the molecule is Cc1ccc(C(=O)C2CCC(C3CCC(CC(C)(F)F)CC3)CC2)c(F)c1F. The number of Topliss-reactive ketones (excluding diaryl/α,β-unsaturated/α-hetero) is 1. The number of rotatable bonds is 5. The molecule has 28 heavy (non-hydrogen) atoms. The Bertz CT molecular complexity index is 693. The third kappa shape index (κ3) is 4.96. The summed E-state index contributed by atoms with van der Waals surface area (Å²) in [5.74, 6) is -3.90. The second-order valence-electron chi connectivity index (χ2n) is 9.09. The summed E-state index contributed by atoms with van der Waals surface area (Å²) in [5, 5.41) is 0. The molecule has 2 aliphatic carbocycles. The van der Waals surface area contributed by atoms with Gasteiger partial charge in [0, 0.05) is 12.3 Å². The molecule has 0 N–H and O–H groups in total. The monoisotopic (exact) mass is 398 g/mol. The van der Waals surface area contributed by atoms with Gasteiger partial charge in [0.15, 0.2) is 17.4 Å². The summed E-state index contributed by atoms with van der Waals surface area (Å²) in [6.07, 6.45) is 6.90. The lowest BCUT2D eigenvalue weighted by Crippen LogP contribution is -2.29. The summed E-state index contributed by atoms with van der Waals surface area (Å²) < 4.78 is 54.3. The van der Waals surface area contributed by atoms with Gasteiger partial charge in [-0.2, -0.15) is 0 Å². The third-order valence-corrected chi connectivity index (χ3v) is 6.89. The van der Waals surface area contributed by atoms with Gasteiger partial charge in [-0.05, 0) is 94.6 Å². The Hall–Kier alpha value is -1.39. The highest BCUT2D eigenvalue weighted by Crippen LogP contribution is 2.44. The predicted octanol–water partition coefficient (Wildman–Crippen LogP) is 7.11. The van der Waals surface area contributed by atoms with Crippen molar-refractivity contribution in [2.24, 2.45) is 23.7 Å². The van der Waals surface area contributed by atoms with Gasteiger partial charge in [0.25, 0.3) is 0 Å².